The fraction of sp³-hybridized carbons (Fsp3) is 0.0833. The normalized spacial score (nSPS) is 10.9. The van der Waals surface area contributed by atoms with Crippen LogP contribution in [-0.2, 0) is 25.9 Å². The number of fused-ring (bicyclic) bond motifs is 4. The minimum Gasteiger partial charge on any atom is -0.352 e. The van der Waals surface area contributed by atoms with Crippen LogP contribution in [0.25, 0.3) is 67.6 Å². The fourth-order valence-corrected chi connectivity index (χ4v) is 15.7. The first-order valence-electron chi connectivity index (χ1n) is 44.1. The summed E-state index contributed by atoms with van der Waals surface area (Å²) in [4.78, 5) is 134. The molecule has 20 rings (SSSR count). The second-order valence-electron chi connectivity index (χ2n) is 32.2. The molecule has 0 unspecified atom stereocenters. The average molecular weight is 1810 g/mol. The Balaban J connectivity index is 0.000000127. The van der Waals surface area contributed by atoms with Crippen LogP contribution in [0.4, 0.5) is 45.5 Å². The van der Waals surface area contributed by atoms with Crippen molar-refractivity contribution in [1.29, 1.82) is 0 Å². The lowest BCUT2D eigenvalue weighted by Crippen LogP contribution is -2.28. The summed E-state index contributed by atoms with van der Waals surface area (Å²) in [5.41, 5.74) is 23.7. The minimum absolute atomic E-state index is 0.00895. The van der Waals surface area contributed by atoms with Gasteiger partial charge in [0.1, 0.15) is 0 Å². The number of amides is 4. The van der Waals surface area contributed by atoms with Gasteiger partial charge in [0.05, 0.1) is 45.5 Å². The first-order valence-corrected chi connectivity index (χ1v) is 44.1. The number of aromatic amines is 4. The Hall–Kier alpha value is -18.7. The molecular formula is C108H93N21O8. The van der Waals surface area contributed by atoms with E-state index in [-0.39, 0.29) is 45.9 Å². The molecule has 7 aromatic carbocycles. The third kappa shape index (κ3) is 22.3. The van der Waals surface area contributed by atoms with Crippen molar-refractivity contribution in [3.8, 4) is 45.0 Å². The molecule has 20 aromatic rings. The molecule has 0 aliphatic heterocycles. The van der Waals surface area contributed by atoms with Crippen LogP contribution in [0.1, 0.15) is 69.2 Å². The van der Waals surface area contributed by atoms with Crippen molar-refractivity contribution in [3.63, 3.8) is 0 Å². The average Bonchev–Trinajstić information content (AvgIpc) is 1.70. The summed E-state index contributed by atoms with van der Waals surface area (Å²) in [6, 6.07) is 90.6. The van der Waals surface area contributed by atoms with Crippen LogP contribution < -0.4 is 54.1 Å². The number of H-pyrrole nitrogens is 4. The van der Waals surface area contributed by atoms with Gasteiger partial charge < -0.3 is 61.6 Å². The van der Waals surface area contributed by atoms with Crippen molar-refractivity contribution in [2.24, 2.45) is 0 Å². The lowest BCUT2D eigenvalue weighted by molar-refractivity contribution is 0.0781. The highest BCUT2D eigenvalue weighted by Crippen LogP contribution is 2.33. The van der Waals surface area contributed by atoms with Gasteiger partial charge in [0.25, 0.3) is 23.6 Å². The fourth-order valence-electron chi connectivity index (χ4n) is 15.7. The van der Waals surface area contributed by atoms with Crippen molar-refractivity contribution in [2.75, 3.05) is 48.5 Å². The van der Waals surface area contributed by atoms with Gasteiger partial charge in [-0.25, -0.2) is 19.9 Å². The maximum absolute atomic E-state index is 12.8. The van der Waals surface area contributed by atoms with E-state index in [1.165, 1.54) is 5.56 Å². The second-order valence-corrected chi connectivity index (χ2v) is 32.2. The Morgan fingerprint density at radius 1 is 0.336 bits per heavy atom. The molecule has 0 radical (unpaired) electrons. The Bertz CT molecular complexity index is 7910. The van der Waals surface area contributed by atoms with E-state index >= 15 is 0 Å². The van der Waals surface area contributed by atoms with Crippen LogP contribution in [0, 0.1) is 6.92 Å². The Labute approximate surface area is 785 Å². The first-order chi connectivity index (χ1) is 66.9. The predicted molar refractivity (Wildman–Crippen MR) is 536 cm³/mol. The molecule has 29 heteroatoms. The number of aryl methyl sites for hydroxylation is 1. The van der Waals surface area contributed by atoms with Crippen LogP contribution >= 0.6 is 0 Å². The predicted octanol–water partition coefficient (Wildman–Crippen LogP) is 17.9. The van der Waals surface area contributed by atoms with Gasteiger partial charge in [-0.15, -0.1) is 0 Å². The molecule has 0 atom stereocenters. The summed E-state index contributed by atoms with van der Waals surface area (Å²) < 4.78 is 7.75. The number of imidazole rings is 4. The molecule has 10 N–H and O–H groups in total. The Kier molecular flexibility index (Phi) is 28.0. The van der Waals surface area contributed by atoms with Crippen molar-refractivity contribution >= 4 is 91.7 Å². The Morgan fingerprint density at radius 2 is 0.679 bits per heavy atom. The number of nitrogens with zero attached hydrogens (tertiary/aromatic N) is 11. The zero-order valence-electron chi connectivity index (χ0n) is 74.7. The molecule has 0 saturated heterocycles. The number of rotatable bonds is 26. The molecule has 0 bridgehead atoms. The van der Waals surface area contributed by atoms with E-state index in [0.29, 0.717) is 48.4 Å². The topological polar surface area (TPSA) is 360 Å². The molecule has 0 spiro atoms. The number of aromatic nitrogens is 13. The van der Waals surface area contributed by atoms with Crippen molar-refractivity contribution in [1.82, 2.24) is 82.9 Å². The highest BCUT2D eigenvalue weighted by Gasteiger charge is 2.20. The molecule has 4 amide bonds. The molecule has 0 aliphatic rings. The van der Waals surface area contributed by atoms with Crippen LogP contribution in [0.15, 0.2) is 397 Å². The van der Waals surface area contributed by atoms with E-state index < -0.39 is 0 Å². The molecule has 137 heavy (non-hydrogen) atoms. The second kappa shape index (κ2) is 42.5. The lowest BCUT2D eigenvalue weighted by atomic mass is 10.1. The summed E-state index contributed by atoms with van der Waals surface area (Å²) in [5, 5.41) is 19.4. The monoisotopic (exact) mass is 1810 g/mol. The summed E-state index contributed by atoms with van der Waals surface area (Å²) in [5.74, 6) is -0.278. The Morgan fingerprint density at radius 3 is 1.04 bits per heavy atom. The van der Waals surface area contributed by atoms with Crippen molar-refractivity contribution < 1.29 is 19.2 Å². The highest BCUT2D eigenvalue weighted by molar-refractivity contribution is 5.97. The molecule has 29 nitrogen and oxygen atoms in total. The number of nitrogens with one attached hydrogen (secondary N) is 10. The van der Waals surface area contributed by atoms with Gasteiger partial charge in [0.2, 0.25) is 22.2 Å². The first kappa shape index (κ1) is 90.3. The molecule has 13 heterocycles. The van der Waals surface area contributed by atoms with E-state index in [9.17, 15) is 38.4 Å². The smallest absolute Gasteiger partial charge is 0.253 e. The SMILES string of the molecule is CN(CCc1ccccc1)C(=O)c1ccc(Nc2ccc(-c3cc[nH]c(=O)c3)n3ccnc23)cc1.CN(Cc1ccccc1)C(=O)c1ccc(Nc2ccc(-c3cc[nH]c(=O)c3)n3ccnc23)cc1.Cc1ccccc1CNC(=O)c1ccc(Nc2ccc(-c3cc[nH]c(=O)c3)n3ccnc23)cc1.O=C(NCCc1cccnc1)c1ccc(Nc2ccc(-c3cc[nH]c(=O)c3)n3ccnc23)cc1. The minimum atomic E-state index is -0.158. The van der Waals surface area contributed by atoms with Crippen molar-refractivity contribution in [2.45, 2.75) is 32.9 Å². The van der Waals surface area contributed by atoms with Gasteiger partial charge in [-0.1, -0.05) is 91.0 Å². The summed E-state index contributed by atoms with van der Waals surface area (Å²) >= 11 is 0. The van der Waals surface area contributed by atoms with Crippen LogP contribution in [0.5, 0.6) is 0 Å². The van der Waals surface area contributed by atoms with E-state index in [2.05, 4.69) is 88.9 Å². The zero-order valence-corrected chi connectivity index (χ0v) is 74.7. The quantitative estimate of drug-likeness (QED) is 0.0241. The van der Waals surface area contributed by atoms with E-state index in [0.717, 1.165) is 148 Å². The molecule has 13 aromatic heterocycles. The van der Waals surface area contributed by atoms with Crippen LogP contribution in [0.3, 0.4) is 0 Å². The summed E-state index contributed by atoms with van der Waals surface area (Å²) in [7, 11) is 3.63. The number of anilines is 8. The van der Waals surface area contributed by atoms with Gasteiger partial charge >= 0.3 is 0 Å². The van der Waals surface area contributed by atoms with Gasteiger partial charge in [0.15, 0.2) is 22.6 Å². The number of pyridine rings is 9. The summed E-state index contributed by atoms with van der Waals surface area (Å²) in [6.45, 7) is 4.27. The van der Waals surface area contributed by atoms with Gasteiger partial charge in [0, 0.05) is 219 Å². The largest absolute Gasteiger partial charge is 0.352 e. The molecule has 0 aliphatic carbocycles. The highest BCUT2D eigenvalue weighted by atomic mass is 16.2. The lowest BCUT2D eigenvalue weighted by Gasteiger charge is -2.18. The van der Waals surface area contributed by atoms with E-state index in [1.54, 1.807) is 127 Å². The molecular weight excluding hydrogens is 1720 g/mol. The maximum atomic E-state index is 12.8. The number of hydrogen-bond acceptors (Lipinski definition) is 17. The number of carbonyl (C=O) groups is 4. The maximum Gasteiger partial charge on any atom is 0.253 e. The van der Waals surface area contributed by atoms with E-state index in [1.807, 2.05) is 287 Å². The third-order valence-corrected chi connectivity index (χ3v) is 22.8. The molecule has 678 valence electrons. The van der Waals surface area contributed by atoms with Gasteiger partial charge in [-0.05, 0) is 224 Å². The van der Waals surface area contributed by atoms with E-state index in [4.69, 9.17) is 0 Å². The van der Waals surface area contributed by atoms with Gasteiger partial charge in [-0.2, -0.15) is 0 Å². The van der Waals surface area contributed by atoms with Crippen LogP contribution in [-0.4, -0.2) is 123 Å². The molecule has 0 fully saturated rings. The number of hydrogen-bond donors (Lipinski definition) is 10. The van der Waals surface area contributed by atoms with Crippen molar-refractivity contribution in [3.05, 3.63) is 469 Å². The third-order valence-electron chi connectivity index (χ3n) is 22.8. The number of benzene rings is 7. The zero-order chi connectivity index (χ0) is 94.5. The summed E-state index contributed by atoms with van der Waals surface area (Å²) in [6.07, 6.45) is 25.9. The molecule has 0 saturated carbocycles. The van der Waals surface area contributed by atoms with Crippen LogP contribution in [0.2, 0.25) is 0 Å². The number of likely N-dealkylation sites (N-methyl/N-ethyl adjacent to an activating group) is 1. The van der Waals surface area contributed by atoms with Gasteiger partial charge in [-0.3, -0.25) is 60.9 Å². The standard InChI is InChI=1S/C28H25N5O2.2C27H23N5O2.C26H22N6O2/c1-32(17-14-20-5-3-2-4-6-20)28(35)21-7-9-23(10-8-21)31-24-11-12-25(33-18-16-30-27(24)33)22-13-15-29-26(34)19-22;1-18-4-2-3-5-21(18)17-30-27(34)19-6-8-22(9-7-19)31-23-10-11-24(32-15-14-29-26(23)32)20-12-13-28-25(33)16-20;1-31(18-19-5-3-2-4-6-19)27(34)20-7-9-22(10-8-20)30-23-11-12-24(32-16-15-29-26(23)32)21-13-14-28-25(33)17-21;33-24-16-20(10-13-28-24)23-8-7-22(25-29-14-15-32(23)25)31-21-5-3-19(4-6-21)26(34)30-12-9-18-2-1-11-27-17-18/h2-13,15-16,18-19,31H,14,17H2,1H3,(H,29,34);2-16,31H,17H2,1H3,(H,28,33)(H,30,34);2-17,30H,18H2,1H3,(H,28,33);1-8,10-11,13-17,31H,9,12H2,(H,28,33)(H,30,34). The number of carbonyl (C=O) groups excluding carboxylic acids is 4.